The number of hydrogen-bond donors (Lipinski definition) is 0. The van der Waals surface area contributed by atoms with Crippen molar-refractivity contribution in [2.24, 2.45) is 0 Å². The van der Waals surface area contributed by atoms with E-state index < -0.39 is 19.7 Å². The second-order valence-corrected chi connectivity index (χ2v) is 16.7. The lowest BCUT2D eigenvalue weighted by Crippen LogP contribution is -2.03. The maximum absolute atomic E-state index is 13.3. The molecule has 7 aromatic rings. The molecule has 0 amide bonds. The van der Waals surface area contributed by atoms with Crippen LogP contribution in [0.2, 0.25) is 0 Å². The number of hydrogen-bond acceptors (Lipinski definition) is 8. The van der Waals surface area contributed by atoms with Crippen LogP contribution in [-0.2, 0) is 46.1 Å². The molecule has 0 atom stereocenters. The summed E-state index contributed by atoms with van der Waals surface area (Å²) in [4.78, 5) is 0.661. The van der Waals surface area contributed by atoms with Gasteiger partial charge in [0, 0.05) is 0 Å². The van der Waals surface area contributed by atoms with Gasteiger partial charge >= 0.3 is 0 Å². The molecule has 282 valence electrons. The monoisotopic (exact) mass is 782 g/mol. The van der Waals surface area contributed by atoms with Gasteiger partial charge < -0.3 is 18.9 Å². The summed E-state index contributed by atoms with van der Waals surface area (Å²) in [5.41, 5.74) is 3.84. The highest BCUT2D eigenvalue weighted by Crippen LogP contribution is 2.28. The molecular weight excluding hydrogens is 745 g/mol. The average molecular weight is 783 g/mol. The molecule has 0 unspecified atom stereocenters. The minimum atomic E-state index is -3.73. The number of sulfone groups is 2. The molecular formula is C46H38O8S2. The maximum atomic E-state index is 13.3. The highest BCUT2D eigenvalue weighted by Gasteiger charge is 2.19. The van der Waals surface area contributed by atoms with E-state index in [4.69, 9.17) is 18.9 Å². The lowest BCUT2D eigenvalue weighted by molar-refractivity contribution is 0.299. The first-order chi connectivity index (χ1) is 27.2. The molecule has 0 saturated heterocycles. The van der Waals surface area contributed by atoms with E-state index in [0.29, 0.717) is 36.2 Å². The lowest BCUT2D eigenvalue weighted by Gasteiger charge is -2.11. The first kappa shape index (κ1) is 37.9. The highest BCUT2D eigenvalue weighted by atomic mass is 32.2. The van der Waals surface area contributed by atoms with Gasteiger partial charge in [-0.2, -0.15) is 0 Å². The highest BCUT2D eigenvalue weighted by molar-refractivity contribution is 7.91. The first-order valence-electron chi connectivity index (χ1n) is 17.8. The Hall–Kier alpha value is -6.36. The van der Waals surface area contributed by atoms with Gasteiger partial charge in [-0.3, -0.25) is 0 Å². The van der Waals surface area contributed by atoms with Crippen molar-refractivity contribution in [2.75, 3.05) is 0 Å². The van der Waals surface area contributed by atoms with Crippen LogP contribution in [0.25, 0.3) is 0 Å². The zero-order valence-corrected chi connectivity index (χ0v) is 31.9. The summed E-state index contributed by atoms with van der Waals surface area (Å²) < 4.78 is 76.6. The molecule has 7 rings (SSSR count). The van der Waals surface area contributed by atoms with E-state index in [1.807, 2.05) is 84.9 Å². The van der Waals surface area contributed by atoms with Crippen molar-refractivity contribution in [1.29, 1.82) is 0 Å². The maximum Gasteiger partial charge on any atom is 0.206 e. The summed E-state index contributed by atoms with van der Waals surface area (Å²) in [6.07, 6.45) is 0. The van der Waals surface area contributed by atoms with Gasteiger partial charge in [-0.15, -0.1) is 0 Å². The van der Waals surface area contributed by atoms with Crippen molar-refractivity contribution < 1.29 is 35.8 Å². The second kappa shape index (κ2) is 17.4. The third-order valence-electron chi connectivity index (χ3n) is 8.84. The summed E-state index contributed by atoms with van der Waals surface area (Å²) in [6.45, 7) is 1.30. The molecule has 0 aromatic heterocycles. The summed E-state index contributed by atoms with van der Waals surface area (Å²) in [7, 11) is -7.47. The van der Waals surface area contributed by atoms with Crippen LogP contribution >= 0.6 is 0 Å². The number of ether oxygens (including phenoxy) is 4. The van der Waals surface area contributed by atoms with Crippen LogP contribution in [0.1, 0.15) is 22.3 Å². The Morgan fingerprint density at radius 1 is 0.286 bits per heavy atom. The van der Waals surface area contributed by atoms with E-state index in [-0.39, 0.29) is 32.8 Å². The zero-order chi connectivity index (χ0) is 38.8. The van der Waals surface area contributed by atoms with Gasteiger partial charge in [0.2, 0.25) is 19.7 Å². The van der Waals surface area contributed by atoms with Gasteiger partial charge in [0.25, 0.3) is 0 Å². The van der Waals surface area contributed by atoms with Crippen molar-refractivity contribution in [3.63, 3.8) is 0 Å². The molecule has 7 aromatic carbocycles. The molecule has 0 N–H and O–H groups in total. The van der Waals surface area contributed by atoms with Gasteiger partial charge in [-0.25, -0.2) is 16.8 Å². The fraction of sp³-hybridized carbons (Fsp3) is 0.0870. The smallest absolute Gasteiger partial charge is 0.206 e. The average Bonchev–Trinajstić information content (AvgIpc) is 3.25. The quantitative estimate of drug-likeness (QED) is 0.0955. The third kappa shape index (κ3) is 9.65. The zero-order valence-electron chi connectivity index (χ0n) is 30.2. The van der Waals surface area contributed by atoms with E-state index >= 15 is 0 Å². The van der Waals surface area contributed by atoms with Crippen molar-refractivity contribution in [2.45, 2.75) is 46.0 Å². The van der Waals surface area contributed by atoms with Crippen LogP contribution in [0.3, 0.4) is 0 Å². The largest absolute Gasteiger partial charge is 0.489 e. The van der Waals surface area contributed by atoms with E-state index in [1.165, 1.54) is 24.3 Å². The van der Waals surface area contributed by atoms with E-state index in [9.17, 15) is 16.8 Å². The summed E-state index contributed by atoms with van der Waals surface area (Å²) in [6, 6.07) is 52.7. The van der Waals surface area contributed by atoms with Crippen LogP contribution < -0.4 is 18.9 Å². The first-order valence-corrected chi connectivity index (χ1v) is 20.8. The predicted octanol–water partition coefficient (Wildman–Crippen LogP) is 9.67. The molecule has 0 saturated carbocycles. The number of rotatable bonds is 16. The molecule has 8 nitrogen and oxygen atoms in total. The Labute approximate surface area is 327 Å². The molecule has 0 fully saturated rings. The molecule has 0 aliphatic rings. The number of benzene rings is 7. The Morgan fingerprint density at radius 2 is 0.536 bits per heavy atom. The SMILES string of the molecule is O=S(=O)(c1ccc(OCc2ccccc2)cc1)c1ccc(OCc2cccc(COc3ccc(S(=O)(=O)c4ccc(OCc5ccccc5)cc4)cc3)c2)cc1. The Kier molecular flexibility index (Phi) is 11.8. The van der Waals surface area contributed by atoms with E-state index in [1.54, 1.807) is 72.8 Å². The van der Waals surface area contributed by atoms with Gasteiger partial charge in [-0.05, 0) is 125 Å². The molecule has 0 spiro atoms. The minimum absolute atomic E-state index is 0.159. The fourth-order valence-electron chi connectivity index (χ4n) is 5.76. The standard InChI is InChI=1S/C46H38O8S2/c47-55(48,43-22-14-39(15-23-43)51-31-35-8-3-1-4-9-35)45-26-18-41(19-27-45)53-33-37-12-7-13-38(30-37)34-54-42-20-28-46(29-21-42)56(49,50)44-24-16-40(17-25-44)52-32-36-10-5-2-6-11-36/h1-30H,31-34H2. The van der Waals surface area contributed by atoms with Gasteiger partial charge in [-0.1, -0.05) is 78.9 Å². The lowest BCUT2D eigenvalue weighted by atomic mass is 10.1. The van der Waals surface area contributed by atoms with Crippen LogP contribution in [0.4, 0.5) is 0 Å². The van der Waals surface area contributed by atoms with Crippen molar-refractivity contribution >= 4 is 19.7 Å². The molecule has 0 bridgehead atoms. The molecule has 0 heterocycles. The Morgan fingerprint density at radius 3 is 0.821 bits per heavy atom. The minimum Gasteiger partial charge on any atom is -0.489 e. The summed E-state index contributed by atoms with van der Waals surface area (Å²) in [5, 5.41) is 0. The van der Waals surface area contributed by atoms with Crippen LogP contribution in [0, 0.1) is 0 Å². The second-order valence-electron chi connectivity index (χ2n) is 12.8. The van der Waals surface area contributed by atoms with Crippen LogP contribution in [-0.4, -0.2) is 16.8 Å². The normalized spacial score (nSPS) is 11.4. The summed E-state index contributed by atoms with van der Waals surface area (Å²) >= 11 is 0. The van der Waals surface area contributed by atoms with E-state index in [0.717, 1.165) is 22.3 Å². The van der Waals surface area contributed by atoms with Gasteiger partial charge in [0.15, 0.2) is 0 Å². The molecule has 0 radical (unpaired) electrons. The molecule has 10 heteroatoms. The van der Waals surface area contributed by atoms with Crippen molar-refractivity contribution in [3.8, 4) is 23.0 Å². The van der Waals surface area contributed by atoms with Crippen molar-refractivity contribution in [1.82, 2.24) is 0 Å². The van der Waals surface area contributed by atoms with E-state index in [2.05, 4.69) is 0 Å². The van der Waals surface area contributed by atoms with Gasteiger partial charge in [0.1, 0.15) is 49.4 Å². The molecule has 0 aliphatic carbocycles. The predicted molar refractivity (Wildman–Crippen MR) is 213 cm³/mol. The summed E-state index contributed by atoms with van der Waals surface area (Å²) in [5.74, 6) is 2.22. The Bertz CT molecular complexity index is 2380. The topological polar surface area (TPSA) is 105 Å². The third-order valence-corrected chi connectivity index (χ3v) is 12.4. The molecule has 56 heavy (non-hydrogen) atoms. The van der Waals surface area contributed by atoms with Crippen molar-refractivity contribution in [3.05, 3.63) is 204 Å². The fourth-order valence-corrected chi connectivity index (χ4v) is 8.28. The Balaban J connectivity index is 0.889. The van der Waals surface area contributed by atoms with Gasteiger partial charge in [0.05, 0.1) is 19.6 Å². The molecule has 0 aliphatic heterocycles. The van der Waals surface area contributed by atoms with Crippen LogP contribution in [0.15, 0.2) is 202 Å². The van der Waals surface area contributed by atoms with Crippen LogP contribution in [0.5, 0.6) is 23.0 Å².